The second kappa shape index (κ2) is 7.46. The lowest BCUT2D eigenvalue weighted by molar-refractivity contribution is -0.137. The van der Waals surface area contributed by atoms with E-state index in [2.05, 4.69) is 0 Å². The van der Waals surface area contributed by atoms with Gasteiger partial charge in [-0.25, -0.2) is 4.79 Å². The van der Waals surface area contributed by atoms with Gasteiger partial charge in [-0.05, 0) is 30.7 Å². The largest absolute Gasteiger partial charge is 0.491 e. The average molecular weight is 236 g/mol. The monoisotopic (exact) mass is 236 g/mol. The Morgan fingerprint density at radius 1 is 1.35 bits per heavy atom. The Morgan fingerprint density at radius 3 is 2.65 bits per heavy atom. The molecule has 0 amide bonds. The molecule has 0 heterocycles. The van der Waals surface area contributed by atoms with E-state index in [-0.39, 0.29) is 19.2 Å². The van der Waals surface area contributed by atoms with E-state index >= 15 is 0 Å². The molecule has 0 saturated carbocycles. The van der Waals surface area contributed by atoms with E-state index < -0.39 is 0 Å². The highest BCUT2D eigenvalue weighted by Gasteiger charge is 1.95. The minimum Gasteiger partial charge on any atom is -0.491 e. The number of hydrogen-bond acceptors (Lipinski definition) is 4. The van der Waals surface area contributed by atoms with Gasteiger partial charge in [0.05, 0.1) is 13.2 Å². The first-order valence-corrected chi connectivity index (χ1v) is 5.45. The molecule has 1 N–H and O–H groups in total. The molecule has 0 radical (unpaired) electrons. The van der Waals surface area contributed by atoms with Crippen molar-refractivity contribution in [2.24, 2.45) is 0 Å². The summed E-state index contributed by atoms with van der Waals surface area (Å²) in [5.41, 5.74) is 0.884. The summed E-state index contributed by atoms with van der Waals surface area (Å²) < 4.78 is 9.97. The van der Waals surface area contributed by atoms with Crippen LogP contribution in [-0.2, 0) is 9.53 Å². The standard InChI is InChI=1S/C13H16O4/c1-2-16-13(15)8-5-11-3-6-12(7-4-11)17-10-9-14/h3-8,14H,2,9-10H2,1H3. The highest BCUT2D eigenvalue weighted by Crippen LogP contribution is 2.13. The average Bonchev–Trinajstić information content (AvgIpc) is 2.35. The molecule has 4 heteroatoms. The van der Waals surface area contributed by atoms with Crippen LogP contribution in [0, 0.1) is 0 Å². The first kappa shape index (κ1) is 13.3. The Morgan fingerprint density at radius 2 is 2.06 bits per heavy atom. The van der Waals surface area contributed by atoms with Crippen molar-refractivity contribution in [3.63, 3.8) is 0 Å². The number of aliphatic hydroxyl groups is 1. The van der Waals surface area contributed by atoms with Gasteiger partial charge in [-0.3, -0.25) is 0 Å². The molecule has 0 fully saturated rings. The van der Waals surface area contributed by atoms with Gasteiger partial charge in [-0.2, -0.15) is 0 Å². The second-order valence-corrected chi connectivity index (χ2v) is 3.23. The predicted octanol–water partition coefficient (Wildman–Crippen LogP) is 1.63. The molecular weight excluding hydrogens is 220 g/mol. The van der Waals surface area contributed by atoms with Gasteiger partial charge in [0.15, 0.2) is 0 Å². The number of hydrogen-bond donors (Lipinski definition) is 1. The SMILES string of the molecule is CCOC(=O)C=Cc1ccc(OCCO)cc1. The lowest BCUT2D eigenvalue weighted by Crippen LogP contribution is -2.01. The fourth-order valence-corrected chi connectivity index (χ4v) is 1.19. The van der Waals surface area contributed by atoms with Crippen molar-refractivity contribution in [3.8, 4) is 5.75 Å². The smallest absolute Gasteiger partial charge is 0.330 e. The zero-order chi connectivity index (χ0) is 12.5. The summed E-state index contributed by atoms with van der Waals surface area (Å²) in [5, 5.41) is 8.59. The summed E-state index contributed by atoms with van der Waals surface area (Å²) in [6, 6.07) is 7.20. The van der Waals surface area contributed by atoms with Crippen LogP contribution in [0.15, 0.2) is 30.3 Å². The van der Waals surface area contributed by atoms with Gasteiger partial charge in [-0.15, -0.1) is 0 Å². The molecule has 0 unspecified atom stereocenters. The normalized spacial score (nSPS) is 10.5. The van der Waals surface area contributed by atoms with Gasteiger partial charge < -0.3 is 14.6 Å². The van der Waals surface area contributed by atoms with Gasteiger partial charge >= 0.3 is 5.97 Å². The number of esters is 1. The number of carbonyl (C=O) groups excluding carboxylic acids is 1. The number of aliphatic hydroxyl groups excluding tert-OH is 1. The van der Waals surface area contributed by atoms with Crippen molar-refractivity contribution in [1.29, 1.82) is 0 Å². The van der Waals surface area contributed by atoms with Crippen LogP contribution in [-0.4, -0.2) is 30.9 Å². The van der Waals surface area contributed by atoms with Crippen molar-refractivity contribution in [1.82, 2.24) is 0 Å². The summed E-state index contributed by atoms with van der Waals surface area (Å²) in [7, 11) is 0. The van der Waals surface area contributed by atoms with E-state index in [0.29, 0.717) is 12.4 Å². The van der Waals surface area contributed by atoms with Gasteiger partial charge in [0.25, 0.3) is 0 Å². The third kappa shape index (κ3) is 5.17. The number of carbonyl (C=O) groups is 1. The molecule has 1 aromatic carbocycles. The molecule has 0 spiro atoms. The van der Waals surface area contributed by atoms with E-state index in [1.54, 1.807) is 25.1 Å². The quantitative estimate of drug-likeness (QED) is 0.602. The number of ether oxygens (including phenoxy) is 2. The molecule has 0 aliphatic carbocycles. The summed E-state index contributed by atoms with van der Waals surface area (Å²) in [5.74, 6) is 0.334. The van der Waals surface area contributed by atoms with Crippen LogP contribution < -0.4 is 4.74 Å². The minimum absolute atomic E-state index is 0.00941. The van der Waals surface area contributed by atoms with E-state index in [4.69, 9.17) is 14.6 Å². The fourth-order valence-electron chi connectivity index (χ4n) is 1.19. The third-order valence-corrected chi connectivity index (χ3v) is 1.94. The van der Waals surface area contributed by atoms with E-state index in [9.17, 15) is 4.79 Å². The van der Waals surface area contributed by atoms with Gasteiger partial charge in [0.2, 0.25) is 0 Å². The molecule has 1 rings (SSSR count). The number of rotatable bonds is 6. The Bertz CT molecular complexity index is 368. The number of benzene rings is 1. The minimum atomic E-state index is -0.354. The Hall–Kier alpha value is -1.81. The molecule has 0 saturated heterocycles. The maximum atomic E-state index is 11.1. The summed E-state index contributed by atoms with van der Waals surface area (Å²) in [4.78, 5) is 11.1. The van der Waals surface area contributed by atoms with Crippen LogP contribution in [0.25, 0.3) is 6.08 Å². The van der Waals surface area contributed by atoms with Crippen LogP contribution in [0.2, 0.25) is 0 Å². The van der Waals surface area contributed by atoms with Crippen LogP contribution in [0.1, 0.15) is 12.5 Å². The molecule has 0 aliphatic rings. The van der Waals surface area contributed by atoms with E-state index in [0.717, 1.165) is 5.56 Å². The Labute approximate surface area is 100 Å². The molecular formula is C13H16O4. The lowest BCUT2D eigenvalue weighted by atomic mass is 10.2. The van der Waals surface area contributed by atoms with Gasteiger partial charge in [-0.1, -0.05) is 12.1 Å². The van der Waals surface area contributed by atoms with Crippen LogP contribution >= 0.6 is 0 Å². The van der Waals surface area contributed by atoms with Crippen molar-refractivity contribution < 1.29 is 19.4 Å². The topological polar surface area (TPSA) is 55.8 Å². The maximum Gasteiger partial charge on any atom is 0.330 e. The van der Waals surface area contributed by atoms with Gasteiger partial charge in [0.1, 0.15) is 12.4 Å². The van der Waals surface area contributed by atoms with Crippen LogP contribution in [0.3, 0.4) is 0 Å². The van der Waals surface area contributed by atoms with Crippen molar-refractivity contribution in [2.45, 2.75) is 6.92 Å². The summed E-state index contributed by atoms with van der Waals surface area (Å²) >= 11 is 0. The molecule has 0 atom stereocenters. The van der Waals surface area contributed by atoms with Gasteiger partial charge in [0, 0.05) is 6.08 Å². The Kier molecular flexibility index (Phi) is 5.82. The summed E-state index contributed by atoms with van der Waals surface area (Å²) in [6.07, 6.45) is 3.06. The third-order valence-electron chi connectivity index (χ3n) is 1.94. The van der Waals surface area contributed by atoms with E-state index in [1.807, 2.05) is 12.1 Å². The first-order chi connectivity index (χ1) is 8.26. The molecule has 0 aliphatic heterocycles. The van der Waals surface area contributed by atoms with Crippen molar-refractivity contribution >= 4 is 12.0 Å². The van der Waals surface area contributed by atoms with Crippen molar-refractivity contribution in [2.75, 3.05) is 19.8 Å². The maximum absolute atomic E-state index is 11.1. The van der Waals surface area contributed by atoms with Crippen LogP contribution in [0.4, 0.5) is 0 Å². The molecule has 0 aromatic heterocycles. The van der Waals surface area contributed by atoms with Crippen LogP contribution in [0.5, 0.6) is 5.75 Å². The molecule has 0 bridgehead atoms. The highest BCUT2D eigenvalue weighted by atomic mass is 16.5. The fraction of sp³-hybridized carbons (Fsp3) is 0.308. The first-order valence-electron chi connectivity index (χ1n) is 5.45. The zero-order valence-electron chi connectivity index (χ0n) is 9.76. The Balaban J connectivity index is 2.53. The zero-order valence-corrected chi connectivity index (χ0v) is 9.76. The molecule has 17 heavy (non-hydrogen) atoms. The molecule has 92 valence electrons. The van der Waals surface area contributed by atoms with Crippen molar-refractivity contribution in [3.05, 3.63) is 35.9 Å². The molecule has 4 nitrogen and oxygen atoms in total. The highest BCUT2D eigenvalue weighted by molar-refractivity contribution is 5.87. The second-order valence-electron chi connectivity index (χ2n) is 3.23. The summed E-state index contributed by atoms with van der Waals surface area (Å²) in [6.45, 7) is 2.40. The lowest BCUT2D eigenvalue weighted by Gasteiger charge is -2.03. The predicted molar refractivity (Wildman–Crippen MR) is 64.7 cm³/mol. The van der Waals surface area contributed by atoms with E-state index in [1.165, 1.54) is 6.08 Å². The molecule has 1 aromatic rings.